The summed E-state index contributed by atoms with van der Waals surface area (Å²) in [6, 6.07) is 7.92. The van der Waals surface area contributed by atoms with Crippen LogP contribution in [0.4, 0.5) is 0 Å². The molecule has 0 aliphatic heterocycles. The molecule has 0 fully saturated rings. The molecule has 1 aromatic heterocycles. The van der Waals surface area contributed by atoms with Gasteiger partial charge in [0.05, 0.1) is 0 Å². The number of rotatable bonds is 3. The number of nitrogens with zero attached hydrogens (tertiary/aromatic N) is 2. The highest BCUT2D eigenvalue weighted by Gasteiger charge is 2.29. The summed E-state index contributed by atoms with van der Waals surface area (Å²) < 4.78 is 11.6. The quantitative estimate of drug-likeness (QED) is 0.277. The summed E-state index contributed by atoms with van der Waals surface area (Å²) >= 11 is 0. The first-order valence-corrected chi connectivity index (χ1v) is 8.44. The number of benzene rings is 1. The number of nitrogens with two attached hydrogens (primary N) is 2. The Morgan fingerprint density at radius 1 is 1.50 bits per heavy atom. The van der Waals surface area contributed by atoms with Crippen LogP contribution in [0.5, 0.6) is 0 Å². The van der Waals surface area contributed by atoms with E-state index >= 15 is 0 Å². The Bertz CT molecular complexity index is 754. The van der Waals surface area contributed by atoms with Crippen molar-refractivity contribution in [1.29, 1.82) is 0 Å². The van der Waals surface area contributed by atoms with Crippen molar-refractivity contribution in [2.24, 2.45) is 16.8 Å². The Hall–Kier alpha value is -2.19. The molecule has 0 bridgehead atoms. The third-order valence-electron chi connectivity index (χ3n) is 4.01. The Morgan fingerprint density at radius 3 is 3.00 bits per heavy atom. The molecule has 0 amide bonds. The summed E-state index contributed by atoms with van der Waals surface area (Å²) in [5, 5.41) is 10.9. The number of hydrazone groups is 1. The molecule has 8 heteroatoms. The lowest BCUT2D eigenvalue weighted by Crippen LogP contribution is -2.33. The van der Waals surface area contributed by atoms with E-state index in [-0.39, 0.29) is 0 Å². The van der Waals surface area contributed by atoms with Crippen LogP contribution in [-0.2, 0) is 23.6 Å². The van der Waals surface area contributed by atoms with Crippen LogP contribution in [0.1, 0.15) is 28.4 Å². The minimum atomic E-state index is -0.977. The van der Waals surface area contributed by atoms with E-state index in [0.29, 0.717) is 17.4 Å². The maximum atomic E-state index is 11.6. The van der Waals surface area contributed by atoms with Gasteiger partial charge >= 0.3 is 0 Å². The predicted molar refractivity (Wildman–Crippen MR) is 85.6 cm³/mol. The molecule has 1 aromatic carbocycles. The number of amidine groups is 1. The van der Waals surface area contributed by atoms with E-state index in [4.69, 9.17) is 11.7 Å². The van der Waals surface area contributed by atoms with Crippen LogP contribution in [0.3, 0.4) is 0 Å². The average molecular weight is 318 g/mol. The number of fused-ring (bicyclic) bond motifs is 1. The number of aromatic amines is 1. The van der Waals surface area contributed by atoms with Gasteiger partial charge in [-0.25, -0.2) is 5.84 Å². The standard InChI is InChI=1S/C14H18N6OS/c1-22(21)10-4-2-3-8(5-10)9-6-11-12(7-9)19-20-13(11)14(17-15)18-16/h2-5,9H,6-7,15-16H2,1H3,(H,17,18)(H,19,20). The third-order valence-corrected chi connectivity index (χ3v) is 4.92. The zero-order valence-corrected chi connectivity index (χ0v) is 13.0. The Labute approximate surface area is 130 Å². The summed E-state index contributed by atoms with van der Waals surface area (Å²) in [5.74, 6) is 11.4. The minimum Gasteiger partial charge on any atom is -0.321 e. The molecule has 1 aliphatic carbocycles. The van der Waals surface area contributed by atoms with Crippen LogP contribution in [-0.4, -0.2) is 26.5 Å². The monoisotopic (exact) mass is 318 g/mol. The molecule has 1 heterocycles. The maximum Gasteiger partial charge on any atom is 0.187 e. The number of aromatic nitrogens is 2. The lowest BCUT2D eigenvalue weighted by Gasteiger charge is -2.11. The Morgan fingerprint density at radius 2 is 2.32 bits per heavy atom. The van der Waals surface area contributed by atoms with Gasteiger partial charge < -0.3 is 11.3 Å². The van der Waals surface area contributed by atoms with Crippen molar-refractivity contribution in [1.82, 2.24) is 15.6 Å². The first kappa shape index (κ1) is 14.7. The molecule has 0 radical (unpaired) electrons. The van der Waals surface area contributed by atoms with Gasteiger partial charge in [-0.1, -0.05) is 12.1 Å². The largest absolute Gasteiger partial charge is 0.321 e. The second kappa shape index (κ2) is 5.90. The highest BCUT2D eigenvalue weighted by atomic mass is 32.2. The molecule has 22 heavy (non-hydrogen) atoms. The van der Waals surface area contributed by atoms with Gasteiger partial charge in [0.15, 0.2) is 5.84 Å². The van der Waals surface area contributed by atoms with Crippen molar-refractivity contribution in [2.75, 3.05) is 6.26 Å². The topological polar surface area (TPSA) is 122 Å². The number of nitrogens with one attached hydrogen (secondary N) is 2. The molecular weight excluding hydrogens is 300 g/mol. The second-order valence-electron chi connectivity index (χ2n) is 5.28. The van der Waals surface area contributed by atoms with Crippen molar-refractivity contribution in [3.05, 3.63) is 46.8 Å². The second-order valence-corrected chi connectivity index (χ2v) is 6.66. The molecule has 116 valence electrons. The summed E-state index contributed by atoms with van der Waals surface area (Å²) in [6.07, 6.45) is 3.36. The normalized spacial score (nSPS) is 19.0. The van der Waals surface area contributed by atoms with Gasteiger partial charge in [0.25, 0.3) is 0 Å². The van der Waals surface area contributed by atoms with Crippen molar-refractivity contribution < 1.29 is 4.21 Å². The van der Waals surface area contributed by atoms with Crippen LogP contribution in [0.15, 0.2) is 34.3 Å². The summed E-state index contributed by atoms with van der Waals surface area (Å²) in [4.78, 5) is 0.847. The van der Waals surface area contributed by atoms with Crippen LogP contribution in [0.2, 0.25) is 0 Å². The van der Waals surface area contributed by atoms with E-state index in [1.807, 2.05) is 18.2 Å². The summed E-state index contributed by atoms with van der Waals surface area (Å²) in [5.41, 5.74) is 6.45. The molecule has 7 nitrogen and oxygen atoms in total. The van der Waals surface area contributed by atoms with E-state index < -0.39 is 10.8 Å². The molecule has 2 unspecified atom stereocenters. The highest BCUT2D eigenvalue weighted by molar-refractivity contribution is 7.84. The molecule has 2 aromatic rings. The molecule has 0 saturated carbocycles. The van der Waals surface area contributed by atoms with Gasteiger partial charge in [-0.2, -0.15) is 10.2 Å². The van der Waals surface area contributed by atoms with Gasteiger partial charge in [-0.15, -0.1) is 0 Å². The zero-order chi connectivity index (χ0) is 15.7. The summed E-state index contributed by atoms with van der Waals surface area (Å²) in [6.45, 7) is 0. The number of hydrazine groups is 1. The molecule has 2 atom stereocenters. The Balaban J connectivity index is 1.89. The van der Waals surface area contributed by atoms with Crippen molar-refractivity contribution in [2.45, 2.75) is 23.7 Å². The van der Waals surface area contributed by atoms with E-state index in [9.17, 15) is 4.21 Å². The fraction of sp³-hybridized carbons (Fsp3) is 0.286. The Kier molecular flexibility index (Phi) is 3.95. The van der Waals surface area contributed by atoms with E-state index in [1.54, 1.807) is 6.26 Å². The molecule has 3 rings (SSSR count). The zero-order valence-electron chi connectivity index (χ0n) is 12.2. The third kappa shape index (κ3) is 2.51. The van der Waals surface area contributed by atoms with Gasteiger partial charge in [0.2, 0.25) is 0 Å². The van der Waals surface area contributed by atoms with Crippen LogP contribution in [0, 0.1) is 0 Å². The van der Waals surface area contributed by atoms with Crippen molar-refractivity contribution in [3.63, 3.8) is 0 Å². The average Bonchev–Trinajstić information content (AvgIpc) is 3.10. The van der Waals surface area contributed by atoms with Crippen LogP contribution >= 0.6 is 0 Å². The lowest BCUT2D eigenvalue weighted by atomic mass is 9.96. The molecule has 0 saturated heterocycles. The van der Waals surface area contributed by atoms with Crippen LogP contribution < -0.4 is 17.1 Å². The van der Waals surface area contributed by atoms with E-state index in [2.05, 4.69) is 26.8 Å². The minimum absolute atomic E-state index is 0.322. The highest BCUT2D eigenvalue weighted by Crippen LogP contribution is 2.35. The SMILES string of the molecule is CS(=O)c1cccc(C2Cc3[nH]nc(/C(=N/N)NN)c3C2)c1. The molecule has 0 spiro atoms. The predicted octanol–water partition coefficient (Wildman–Crippen LogP) is 0.113. The van der Waals surface area contributed by atoms with Crippen molar-refractivity contribution >= 4 is 16.6 Å². The fourth-order valence-electron chi connectivity index (χ4n) is 2.90. The molecule has 6 N–H and O–H groups in total. The molecule has 1 aliphatic rings. The summed E-state index contributed by atoms with van der Waals surface area (Å²) in [7, 11) is -0.977. The lowest BCUT2D eigenvalue weighted by molar-refractivity contribution is 0.685. The number of hydrogen-bond donors (Lipinski definition) is 4. The van der Waals surface area contributed by atoms with Gasteiger partial charge in [0, 0.05) is 33.2 Å². The molecular formula is C14H18N6OS. The van der Waals surface area contributed by atoms with E-state index in [0.717, 1.165) is 29.0 Å². The fourth-order valence-corrected chi connectivity index (χ4v) is 3.47. The van der Waals surface area contributed by atoms with E-state index in [1.165, 1.54) is 5.56 Å². The first-order valence-electron chi connectivity index (χ1n) is 6.88. The van der Waals surface area contributed by atoms with Gasteiger partial charge in [0.1, 0.15) is 5.69 Å². The van der Waals surface area contributed by atoms with Crippen LogP contribution in [0.25, 0.3) is 0 Å². The maximum absolute atomic E-state index is 11.6. The first-order chi connectivity index (χ1) is 10.6. The van der Waals surface area contributed by atoms with Gasteiger partial charge in [-0.05, 0) is 36.5 Å². The van der Waals surface area contributed by atoms with Gasteiger partial charge in [-0.3, -0.25) is 9.31 Å². The van der Waals surface area contributed by atoms with Crippen molar-refractivity contribution in [3.8, 4) is 0 Å². The smallest absolute Gasteiger partial charge is 0.187 e. The number of hydrogen-bond acceptors (Lipinski definition) is 5. The number of H-pyrrole nitrogens is 1.